The van der Waals surface area contributed by atoms with E-state index in [4.69, 9.17) is 0 Å². The number of fused-ring (bicyclic) bond motifs is 1. The molecule has 0 radical (unpaired) electrons. The maximum absolute atomic E-state index is 14.3. The van der Waals surface area contributed by atoms with Gasteiger partial charge in [0.05, 0.1) is 17.2 Å². The molecule has 4 rings (SSSR count). The Labute approximate surface area is 169 Å². The van der Waals surface area contributed by atoms with Crippen LogP contribution in [0.25, 0.3) is 10.8 Å². The van der Waals surface area contributed by atoms with Gasteiger partial charge in [0.25, 0.3) is 11.5 Å². The van der Waals surface area contributed by atoms with E-state index in [-0.39, 0.29) is 24.0 Å². The van der Waals surface area contributed by atoms with E-state index in [0.717, 1.165) is 11.3 Å². The molecule has 1 aliphatic rings. The molecule has 3 heterocycles. The van der Waals surface area contributed by atoms with Gasteiger partial charge < -0.3 is 15.0 Å². The second kappa shape index (κ2) is 7.47. The molecular formula is C18H16F3N3O3S2. The number of rotatable bonds is 4. The SMILES string of the molecule is O=c1[nH]ccc2cc(F)c(NS(=O)c3ccc(N4CCC(O)C(F)(F)C4)s3)cc12. The van der Waals surface area contributed by atoms with Crippen LogP contribution in [0.15, 0.2) is 45.5 Å². The van der Waals surface area contributed by atoms with Crippen LogP contribution in [0, 0.1) is 5.82 Å². The topological polar surface area (TPSA) is 85.4 Å². The molecule has 0 spiro atoms. The average Bonchev–Trinajstić information content (AvgIpc) is 3.15. The summed E-state index contributed by atoms with van der Waals surface area (Å²) < 4.78 is 57.3. The summed E-state index contributed by atoms with van der Waals surface area (Å²) in [4.78, 5) is 15.8. The Morgan fingerprint density at radius 2 is 2.10 bits per heavy atom. The van der Waals surface area contributed by atoms with Crippen LogP contribution >= 0.6 is 11.3 Å². The first-order valence-electron chi connectivity index (χ1n) is 8.65. The summed E-state index contributed by atoms with van der Waals surface area (Å²) >= 11 is 1.04. The van der Waals surface area contributed by atoms with Crippen molar-refractivity contribution in [2.24, 2.45) is 0 Å². The number of pyridine rings is 1. The second-order valence-electron chi connectivity index (χ2n) is 6.68. The molecule has 1 fully saturated rings. The Morgan fingerprint density at radius 1 is 1.31 bits per heavy atom. The number of halogens is 3. The van der Waals surface area contributed by atoms with Gasteiger partial charge in [-0.1, -0.05) is 0 Å². The van der Waals surface area contributed by atoms with Gasteiger partial charge in [-0.2, -0.15) is 0 Å². The Bertz CT molecular complexity index is 1150. The van der Waals surface area contributed by atoms with E-state index >= 15 is 0 Å². The maximum Gasteiger partial charge on any atom is 0.290 e. The van der Waals surface area contributed by atoms with Crippen molar-refractivity contribution >= 4 is 43.8 Å². The van der Waals surface area contributed by atoms with Gasteiger partial charge in [-0.15, -0.1) is 11.3 Å². The molecule has 11 heteroatoms. The minimum atomic E-state index is -3.22. The quantitative estimate of drug-likeness (QED) is 0.579. The third kappa shape index (κ3) is 3.89. The Kier molecular flexibility index (Phi) is 5.13. The summed E-state index contributed by atoms with van der Waals surface area (Å²) in [6.07, 6.45) is -0.336. The lowest BCUT2D eigenvalue weighted by molar-refractivity contribution is -0.113. The highest BCUT2D eigenvalue weighted by Crippen LogP contribution is 2.35. The number of H-pyrrole nitrogens is 1. The highest BCUT2D eigenvalue weighted by atomic mass is 32.2. The minimum Gasteiger partial charge on any atom is -0.387 e. The third-order valence-electron chi connectivity index (χ3n) is 4.69. The van der Waals surface area contributed by atoms with Gasteiger partial charge in [0.1, 0.15) is 16.1 Å². The molecule has 2 aromatic heterocycles. The van der Waals surface area contributed by atoms with E-state index in [2.05, 4.69) is 9.71 Å². The standard InChI is InChI=1S/C18H16F3N3O3S2/c19-12-7-10-3-5-22-17(26)11(10)8-13(12)23-29(27)16-2-1-15(28-16)24-6-4-14(25)18(20,21)9-24/h1-3,5,7-8,14,23,25H,4,6,9H2,(H,22,26). The number of thiophene rings is 1. The molecule has 3 N–H and O–H groups in total. The van der Waals surface area contributed by atoms with Crippen molar-refractivity contribution in [3.63, 3.8) is 0 Å². The fourth-order valence-electron chi connectivity index (χ4n) is 3.13. The average molecular weight is 443 g/mol. The monoisotopic (exact) mass is 443 g/mol. The molecule has 0 saturated carbocycles. The molecule has 2 atom stereocenters. The van der Waals surface area contributed by atoms with E-state index in [1.807, 2.05) is 0 Å². The van der Waals surface area contributed by atoms with Gasteiger partial charge in [-0.05, 0) is 42.1 Å². The first-order chi connectivity index (χ1) is 13.7. The fourth-order valence-corrected chi connectivity index (χ4v) is 5.23. The lowest BCUT2D eigenvalue weighted by atomic mass is 10.0. The predicted octanol–water partition coefficient (Wildman–Crippen LogP) is 3.07. The van der Waals surface area contributed by atoms with Crippen LogP contribution in [0.1, 0.15) is 6.42 Å². The van der Waals surface area contributed by atoms with Gasteiger partial charge in [0.15, 0.2) is 11.0 Å². The number of aromatic nitrogens is 1. The lowest BCUT2D eigenvalue weighted by Gasteiger charge is -2.36. The first kappa shape index (κ1) is 19.9. The number of alkyl halides is 2. The van der Waals surface area contributed by atoms with Crippen molar-refractivity contribution in [3.05, 3.63) is 52.7 Å². The van der Waals surface area contributed by atoms with Crippen LogP contribution in [0.4, 0.5) is 23.9 Å². The van der Waals surface area contributed by atoms with E-state index in [0.29, 0.717) is 14.6 Å². The van der Waals surface area contributed by atoms with Crippen LogP contribution in [-0.2, 0) is 11.0 Å². The lowest BCUT2D eigenvalue weighted by Crippen LogP contribution is -2.51. The van der Waals surface area contributed by atoms with Gasteiger partial charge in [-0.25, -0.2) is 17.4 Å². The number of aliphatic hydroxyl groups excluding tert-OH is 1. The van der Waals surface area contributed by atoms with Crippen LogP contribution in [0.5, 0.6) is 0 Å². The number of nitrogens with one attached hydrogen (secondary N) is 2. The van der Waals surface area contributed by atoms with Crippen LogP contribution in [-0.4, -0.2) is 39.4 Å². The third-order valence-corrected chi connectivity index (χ3v) is 7.24. The molecule has 2 unspecified atom stereocenters. The number of benzene rings is 1. The number of nitrogens with zero attached hydrogens (tertiary/aromatic N) is 1. The maximum atomic E-state index is 14.3. The van der Waals surface area contributed by atoms with Crippen LogP contribution < -0.4 is 15.2 Å². The molecule has 1 aliphatic heterocycles. The number of anilines is 2. The number of hydrogen-bond donors (Lipinski definition) is 3. The molecule has 3 aromatic rings. The van der Waals surface area contributed by atoms with Gasteiger partial charge in [0.2, 0.25) is 0 Å². The first-order valence-corrected chi connectivity index (χ1v) is 10.6. The number of aliphatic hydroxyl groups is 1. The number of piperidine rings is 1. The summed E-state index contributed by atoms with van der Waals surface area (Å²) in [5, 5.41) is 10.5. The van der Waals surface area contributed by atoms with Gasteiger partial charge in [0, 0.05) is 18.1 Å². The fraction of sp³-hybridized carbons (Fsp3) is 0.278. The Hall–Kier alpha value is -2.37. The summed E-state index contributed by atoms with van der Waals surface area (Å²) in [5.74, 6) is -3.89. The van der Waals surface area contributed by atoms with Crippen LogP contribution in [0.2, 0.25) is 0 Å². The predicted molar refractivity (Wildman–Crippen MR) is 107 cm³/mol. The van der Waals surface area contributed by atoms with Crippen molar-refractivity contribution in [3.8, 4) is 0 Å². The molecule has 29 heavy (non-hydrogen) atoms. The molecular weight excluding hydrogens is 427 g/mol. The molecule has 1 aromatic carbocycles. The smallest absolute Gasteiger partial charge is 0.290 e. The highest BCUT2D eigenvalue weighted by molar-refractivity contribution is 7.88. The zero-order valence-electron chi connectivity index (χ0n) is 14.8. The molecule has 0 amide bonds. The molecule has 0 bridgehead atoms. The summed E-state index contributed by atoms with van der Waals surface area (Å²) in [7, 11) is -1.85. The second-order valence-corrected chi connectivity index (χ2v) is 9.18. The van der Waals surface area contributed by atoms with Crippen molar-refractivity contribution < 1.29 is 22.5 Å². The largest absolute Gasteiger partial charge is 0.387 e. The highest BCUT2D eigenvalue weighted by Gasteiger charge is 2.44. The summed E-state index contributed by atoms with van der Waals surface area (Å²) in [6, 6.07) is 7.08. The van der Waals surface area contributed by atoms with Gasteiger partial charge in [-0.3, -0.25) is 9.52 Å². The zero-order valence-corrected chi connectivity index (χ0v) is 16.5. The molecule has 1 saturated heterocycles. The van der Waals surface area contributed by atoms with Crippen molar-refractivity contribution in [1.82, 2.24) is 4.98 Å². The molecule has 6 nitrogen and oxygen atoms in total. The molecule has 0 aliphatic carbocycles. The normalized spacial score (nSPS) is 20.0. The molecule has 154 valence electrons. The van der Waals surface area contributed by atoms with Crippen molar-refractivity contribution in [1.29, 1.82) is 0 Å². The van der Waals surface area contributed by atoms with E-state index in [1.165, 1.54) is 29.3 Å². The van der Waals surface area contributed by atoms with Crippen molar-refractivity contribution in [2.75, 3.05) is 22.7 Å². The van der Waals surface area contributed by atoms with E-state index in [9.17, 15) is 27.3 Å². The number of aromatic amines is 1. The Morgan fingerprint density at radius 3 is 2.86 bits per heavy atom. The summed E-state index contributed by atoms with van der Waals surface area (Å²) in [5.41, 5.74) is -0.502. The van der Waals surface area contributed by atoms with Gasteiger partial charge >= 0.3 is 0 Å². The zero-order chi connectivity index (χ0) is 20.8. The number of hydrogen-bond acceptors (Lipinski definition) is 5. The van der Waals surface area contributed by atoms with Crippen LogP contribution in [0.3, 0.4) is 0 Å². The van der Waals surface area contributed by atoms with E-state index < -0.39 is 40.9 Å². The van der Waals surface area contributed by atoms with Crippen molar-refractivity contribution in [2.45, 2.75) is 22.7 Å². The Balaban J connectivity index is 1.54. The van der Waals surface area contributed by atoms with E-state index in [1.54, 1.807) is 12.1 Å². The summed E-state index contributed by atoms with van der Waals surface area (Å²) in [6.45, 7) is -0.380. The minimum absolute atomic E-state index is 0.0710.